The third kappa shape index (κ3) is 3.67. The minimum atomic E-state index is 0.114. The van der Waals surface area contributed by atoms with Gasteiger partial charge in [-0.2, -0.15) is 0 Å². The van der Waals surface area contributed by atoms with Crippen LogP contribution in [0, 0.1) is 5.92 Å². The van der Waals surface area contributed by atoms with Crippen LogP contribution in [0.2, 0.25) is 0 Å². The molecule has 0 amide bonds. The molecule has 82 valence electrons. The summed E-state index contributed by atoms with van der Waals surface area (Å²) >= 11 is 3.49. The Morgan fingerprint density at radius 1 is 1.53 bits per heavy atom. The Bertz CT molecular complexity index is 336. The zero-order valence-corrected chi connectivity index (χ0v) is 10.6. The summed E-state index contributed by atoms with van der Waals surface area (Å²) in [5.74, 6) is 0.968. The van der Waals surface area contributed by atoms with E-state index < -0.39 is 0 Å². The van der Waals surface area contributed by atoms with Crippen LogP contribution in [0.3, 0.4) is 0 Å². The lowest BCUT2D eigenvalue weighted by molar-refractivity contribution is -0.110. The molecule has 0 heterocycles. The zero-order chi connectivity index (χ0) is 11.3. The van der Waals surface area contributed by atoms with E-state index in [0.717, 1.165) is 29.4 Å². The molecule has 0 aliphatic heterocycles. The summed E-state index contributed by atoms with van der Waals surface area (Å²) in [6.07, 6.45) is 2.75. The fourth-order valence-electron chi connectivity index (χ4n) is 1.32. The van der Waals surface area contributed by atoms with Gasteiger partial charge in [-0.25, -0.2) is 0 Å². The number of ether oxygens (including phenoxy) is 1. The number of hydrogen-bond acceptors (Lipinski definition) is 2. The van der Waals surface area contributed by atoms with E-state index in [-0.39, 0.29) is 5.92 Å². The molecular formula is C12H15BrO2. The predicted octanol–water partition coefficient (Wildman–Crippen LogP) is 3.23. The van der Waals surface area contributed by atoms with Crippen molar-refractivity contribution in [2.24, 2.45) is 5.92 Å². The van der Waals surface area contributed by atoms with Crippen molar-refractivity contribution < 1.29 is 9.53 Å². The molecule has 0 N–H and O–H groups in total. The molecule has 0 bridgehead atoms. The van der Waals surface area contributed by atoms with Gasteiger partial charge in [0.25, 0.3) is 0 Å². The molecule has 0 spiro atoms. The normalized spacial score (nSPS) is 12.2. The van der Waals surface area contributed by atoms with Gasteiger partial charge in [0.2, 0.25) is 0 Å². The van der Waals surface area contributed by atoms with Gasteiger partial charge in [-0.05, 0) is 36.6 Å². The van der Waals surface area contributed by atoms with Gasteiger partial charge in [0.1, 0.15) is 12.0 Å². The Balaban J connectivity index is 2.70. The van der Waals surface area contributed by atoms with Crippen LogP contribution in [0.1, 0.15) is 18.9 Å². The maximum absolute atomic E-state index is 10.5. The number of carbonyl (C=O) groups excluding carboxylic acids is 1. The molecule has 0 aliphatic carbocycles. The van der Waals surface area contributed by atoms with Crippen molar-refractivity contribution in [1.29, 1.82) is 0 Å². The highest BCUT2D eigenvalue weighted by Gasteiger charge is 2.05. The van der Waals surface area contributed by atoms with E-state index in [0.29, 0.717) is 0 Å². The van der Waals surface area contributed by atoms with Gasteiger partial charge < -0.3 is 9.53 Å². The van der Waals surface area contributed by atoms with Crippen molar-refractivity contribution >= 4 is 22.2 Å². The molecule has 0 saturated heterocycles. The molecule has 1 unspecified atom stereocenters. The van der Waals surface area contributed by atoms with Crippen LogP contribution in [-0.2, 0) is 11.2 Å². The van der Waals surface area contributed by atoms with Crippen LogP contribution in [0.15, 0.2) is 22.7 Å². The maximum atomic E-state index is 10.5. The summed E-state index contributed by atoms with van der Waals surface area (Å²) < 4.78 is 6.22. The number of carbonyl (C=O) groups is 1. The van der Waals surface area contributed by atoms with Gasteiger partial charge >= 0.3 is 0 Å². The van der Waals surface area contributed by atoms with Crippen LogP contribution in [0.25, 0.3) is 0 Å². The lowest BCUT2D eigenvalue weighted by Gasteiger charge is -2.08. The summed E-state index contributed by atoms with van der Waals surface area (Å²) in [6, 6.07) is 5.89. The fourth-order valence-corrected chi connectivity index (χ4v) is 1.77. The van der Waals surface area contributed by atoms with Crippen molar-refractivity contribution in [2.45, 2.75) is 19.8 Å². The summed E-state index contributed by atoms with van der Waals surface area (Å²) in [4.78, 5) is 10.5. The van der Waals surface area contributed by atoms with Crippen LogP contribution in [-0.4, -0.2) is 13.4 Å². The number of methoxy groups -OCH3 is 1. The molecule has 0 saturated carbocycles. The van der Waals surface area contributed by atoms with Crippen LogP contribution < -0.4 is 4.74 Å². The first-order chi connectivity index (χ1) is 7.17. The monoisotopic (exact) mass is 270 g/mol. The molecule has 1 rings (SSSR count). The standard InChI is InChI=1S/C12H15BrO2/c1-9(8-14)3-4-10-7-11(15-2)5-6-12(10)13/h5-9H,3-4H2,1-2H3. The van der Waals surface area contributed by atoms with Gasteiger partial charge in [-0.3, -0.25) is 0 Å². The van der Waals surface area contributed by atoms with Crippen molar-refractivity contribution in [3.8, 4) is 5.75 Å². The highest BCUT2D eigenvalue weighted by Crippen LogP contribution is 2.24. The van der Waals surface area contributed by atoms with E-state index in [1.165, 1.54) is 5.56 Å². The number of hydrogen-bond donors (Lipinski definition) is 0. The Morgan fingerprint density at radius 2 is 2.27 bits per heavy atom. The van der Waals surface area contributed by atoms with E-state index >= 15 is 0 Å². The second-order valence-corrected chi connectivity index (χ2v) is 4.46. The smallest absolute Gasteiger partial charge is 0.122 e. The van der Waals surface area contributed by atoms with Crippen molar-refractivity contribution in [3.05, 3.63) is 28.2 Å². The van der Waals surface area contributed by atoms with E-state index in [1.54, 1.807) is 7.11 Å². The highest BCUT2D eigenvalue weighted by molar-refractivity contribution is 9.10. The fraction of sp³-hybridized carbons (Fsp3) is 0.417. The van der Waals surface area contributed by atoms with Crippen molar-refractivity contribution in [3.63, 3.8) is 0 Å². The average molecular weight is 271 g/mol. The summed E-state index contributed by atoms with van der Waals surface area (Å²) in [5.41, 5.74) is 1.18. The van der Waals surface area contributed by atoms with Gasteiger partial charge in [0, 0.05) is 10.4 Å². The lowest BCUT2D eigenvalue weighted by atomic mass is 10.0. The molecule has 0 fully saturated rings. The molecule has 1 aromatic carbocycles. The van der Waals surface area contributed by atoms with Gasteiger partial charge in [-0.15, -0.1) is 0 Å². The Morgan fingerprint density at radius 3 is 2.87 bits per heavy atom. The Kier molecular flexibility index (Phi) is 4.82. The number of benzene rings is 1. The molecule has 3 heteroatoms. The Hall–Kier alpha value is -0.830. The van der Waals surface area contributed by atoms with Gasteiger partial charge in [-0.1, -0.05) is 22.9 Å². The number of aryl methyl sites for hydroxylation is 1. The number of halogens is 1. The van der Waals surface area contributed by atoms with E-state index in [4.69, 9.17) is 4.74 Å². The molecule has 2 nitrogen and oxygen atoms in total. The largest absolute Gasteiger partial charge is 0.497 e. The molecule has 1 aromatic rings. The zero-order valence-electron chi connectivity index (χ0n) is 9.00. The van der Waals surface area contributed by atoms with Crippen LogP contribution in [0.5, 0.6) is 5.75 Å². The molecule has 0 aromatic heterocycles. The Labute approximate surface area is 98.8 Å². The van der Waals surface area contributed by atoms with Gasteiger partial charge in [0.15, 0.2) is 0 Å². The molecule has 0 aliphatic rings. The SMILES string of the molecule is COc1ccc(Br)c(CCC(C)C=O)c1. The highest BCUT2D eigenvalue weighted by atomic mass is 79.9. The summed E-state index contributed by atoms with van der Waals surface area (Å²) in [6.45, 7) is 1.93. The second-order valence-electron chi connectivity index (χ2n) is 3.61. The first kappa shape index (κ1) is 12.2. The molecule has 1 atom stereocenters. The third-order valence-electron chi connectivity index (χ3n) is 2.35. The van der Waals surface area contributed by atoms with E-state index in [1.807, 2.05) is 25.1 Å². The lowest BCUT2D eigenvalue weighted by Crippen LogP contribution is -1.99. The topological polar surface area (TPSA) is 26.3 Å². The first-order valence-electron chi connectivity index (χ1n) is 4.95. The van der Waals surface area contributed by atoms with E-state index in [2.05, 4.69) is 15.9 Å². The van der Waals surface area contributed by atoms with Crippen LogP contribution in [0.4, 0.5) is 0 Å². The summed E-state index contributed by atoms with van der Waals surface area (Å²) in [7, 11) is 1.65. The molecular weight excluding hydrogens is 256 g/mol. The number of rotatable bonds is 5. The van der Waals surface area contributed by atoms with E-state index in [9.17, 15) is 4.79 Å². The van der Waals surface area contributed by atoms with Crippen molar-refractivity contribution in [2.75, 3.05) is 7.11 Å². The predicted molar refractivity (Wildman–Crippen MR) is 64.2 cm³/mol. The summed E-state index contributed by atoms with van der Waals surface area (Å²) in [5, 5.41) is 0. The average Bonchev–Trinajstić information content (AvgIpc) is 2.27. The van der Waals surface area contributed by atoms with Gasteiger partial charge in [0.05, 0.1) is 7.11 Å². The van der Waals surface area contributed by atoms with Crippen molar-refractivity contribution in [1.82, 2.24) is 0 Å². The van der Waals surface area contributed by atoms with Crippen LogP contribution >= 0.6 is 15.9 Å². The number of aldehydes is 1. The molecule has 15 heavy (non-hydrogen) atoms. The quantitative estimate of drug-likeness (QED) is 0.768. The molecule has 0 radical (unpaired) electrons. The first-order valence-corrected chi connectivity index (χ1v) is 5.74. The minimum absolute atomic E-state index is 0.114. The third-order valence-corrected chi connectivity index (χ3v) is 3.13. The second kappa shape index (κ2) is 5.91. The maximum Gasteiger partial charge on any atom is 0.122 e. The minimum Gasteiger partial charge on any atom is -0.497 e.